The quantitative estimate of drug-likeness (QED) is 0.275. The number of carbonyl (C=O) groups is 2. The predicted octanol–water partition coefficient (Wildman–Crippen LogP) is 4.37. The first-order valence-corrected chi connectivity index (χ1v) is 12.5. The molecule has 0 atom stereocenters. The Bertz CT molecular complexity index is 1560. The SMILES string of the molecule is COC(=O)c1ccc(-c2c(CO)n(C(C)C)c3ncnc(NCc4ccc(OC)cc4OC)c23)c(C(=O)OC)c1. The number of rotatable bonds is 10. The molecular formula is C29H32N4O7. The Labute approximate surface area is 231 Å². The first kappa shape index (κ1) is 28.4. The molecule has 40 heavy (non-hydrogen) atoms. The van der Waals surface area contributed by atoms with Crippen molar-refractivity contribution in [2.45, 2.75) is 33.0 Å². The molecule has 11 nitrogen and oxygen atoms in total. The van der Waals surface area contributed by atoms with Crippen molar-refractivity contribution >= 4 is 28.8 Å². The summed E-state index contributed by atoms with van der Waals surface area (Å²) in [4.78, 5) is 34.3. The molecule has 4 rings (SSSR count). The van der Waals surface area contributed by atoms with Gasteiger partial charge in [-0.25, -0.2) is 19.6 Å². The first-order valence-electron chi connectivity index (χ1n) is 12.5. The number of ether oxygens (including phenoxy) is 4. The van der Waals surface area contributed by atoms with E-state index in [0.717, 1.165) is 5.56 Å². The Balaban J connectivity index is 1.96. The minimum atomic E-state index is -0.649. The molecule has 0 spiro atoms. The molecule has 2 N–H and O–H groups in total. The number of hydrogen-bond donors (Lipinski definition) is 2. The van der Waals surface area contributed by atoms with Crippen molar-refractivity contribution < 1.29 is 33.6 Å². The summed E-state index contributed by atoms with van der Waals surface area (Å²) in [5.74, 6) is 0.547. The summed E-state index contributed by atoms with van der Waals surface area (Å²) in [7, 11) is 5.70. The van der Waals surface area contributed by atoms with Gasteiger partial charge in [0, 0.05) is 29.8 Å². The van der Waals surface area contributed by atoms with Gasteiger partial charge in [0.25, 0.3) is 0 Å². The second-order valence-electron chi connectivity index (χ2n) is 9.14. The van der Waals surface area contributed by atoms with Crippen LogP contribution < -0.4 is 14.8 Å². The van der Waals surface area contributed by atoms with E-state index >= 15 is 0 Å². The van der Waals surface area contributed by atoms with Gasteiger partial charge in [-0.3, -0.25) is 0 Å². The highest BCUT2D eigenvalue weighted by atomic mass is 16.5. The minimum Gasteiger partial charge on any atom is -0.497 e. The van der Waals surface area contributed by atoms with Crippen molar-refractivity contribution in [1.82, 2.24) is 14.5 Å². The van der Waals surface area contributed by atoms with E-state index in [1.807, 2.05) is 30.5 Å². The van der Waals surface area contributed by atoms with Crippen molar-refractivity contribution in [1.29, 1.82) is 0 Å². The highest BCUT2D eigenvalue weighted by molar-refractivity contribution is 6.09. The highest BCUT2D eigenvalue weighted by Crippen LogP contribution is 2.41. The van der Waals surface area contributed by atoms with Crippen LogP contribution in [0.1, 0.15) is 51.9 Å². The Hall–Kier alpha value is -4.64. The standard InChI is InChI=1S/C29H32N4O7/c1-16(2)33-22(14-34)24(20-10-8-17(28(35)39-5)11-21(20)29(36)40-6)25-26(31-15-32-27(25)33)30-13-18-7-9-19(37-3)12-23(18)38-4/h7-12,15-16,34H,13-14H2,1-6H3,(H,30,31,32). The third-order valence-electron chi connectivity index (χ3n) is 6.61. The van der Waals surface area contributed by atoms with E-state index in [1.165, 1.54) is 26.6 Å². The maximum atomic E-state index is 13.0. The van der Waals surface area contributed by atoms with Gasteiger partial charge in [0.1, 0.15) is 29.3 Å². The molecule has 0 fully saturated rings. The molecule has 0 unspecified atom stereocenters. The molecule has 0 saturated heterocycles. The van der Waals surface area contributed by atoms with Crippen molar-refractivity contribution in [3.05, 3.63) is 65.1 Å². The lowest BCUT2D eigenvalue weighted by molar-refractivity contribution is 0.0599. The van der Waals surface area contributed by atoms with Gasteiger partial charge >= 0.3 is 11.9 Å². The predicted molar refractivity (Wildman–Crippen MR) is 149 cm³/mol. The summed E-state index contributed by atoms with van der Waals surface area (Å²) in [6, 6.07) is 10.1. The summed E-state index contributed by atoms with van der Waals surface area (Å²) < 4.78 is 22.7. The van der Waals surface area contributed by atoms with Gasteiger partial charge in [0.05, 0.1) is 57.3 Å². The number of aliphatic hydroxyl groups excluding tert-OH is 1. The molecule has 210 valence electrons. The van der Waals surface area contributed by atoms with Crippen molar-refractivity contribution in [3.8, 4) is 22.6 Å². The summed E-state index contributed by atoms with van der Waals surface area (Å²) in [6.45, 7) is 3.96. The number of nitrogens with one attached hydrogen (secondary N) is 1. The van der Waals surface area contributed by atoms with Crippen molar-refractivity contribution in [2.24, 2.45) is 0 Å². The van der Waals surface area contributed by atoms with E-state index in [-0.39, 0.29) is 23.8 Å². The topological polar surface area (TPSA) is 134 Å². The average molecular weight is 549 g/mol. The van der Waals surface area contributed by atoms with Gasteiger partial charge in [0.2, 0.25) is 0 Å². The van der Waals surface area contributed by atoms with Crippen LogP contribution in [0.15, 0.2) is 42.7 Å². The number of methoxy groups -OCH3 is 4. The molecule has 2 aromatic carbocycles. The van der Waals surface area contributed by atoms with Gasteiger partial charge in [-0.2, -0.15) is 0 Å². The molecule has 0 aliphatic rings. The van der Waals surface area contributed by atoms with Crippen LogP contribution in [0.25, 0.3) is 22.2 Å². The van der Waals surface area contributed by atoms with Crippen LogP contribution in [-0.4, -0.2) is 60.0 Å². The van der Waals surface area contributed by atoms with E-state index < -0.39 is 11.9 Å². The summed E-state index contributed by atoms with van der Waals surface area (Å²) in [5.41, 5.74) is 3.29. The molecule has 0 bridgehead atoms. The van der Waals surface area contributed by atoms with Crippen LogP contribution in [0, 0.1) is 0 Å². The molecule has 2 heterocycles. The summed E-state index contributed by atoms with van der Waals surface area (Å²) in [6.07, 6.45) is 1.45. The molecule has 0 aliphatic heterocycles. The van der Waals surface area contributed by atoms with E-state index in [1.54, 1.807) is 32.4 Å². The zero-order valence-electron chi connectivity index (χ0n) is 23.3. The first-order chi connectivity index (χ1) is 19.3. The average Bonchev–Trinajstić information content (AvgIpc) is 3.33. The number of fused-ring (bicyclic) bond motifs is 1. The molecule has 0 saturated carbocycles. The van der Waals surface area contributed by atoms with Crippen LogP contribution >= 0.6 is 0 Å². The fourth-order valence-corrected chi connectivity index (χ4v) is 4.78. The number of anilines is 1. The fourth-order valence-electron chi connectivity index (χ4n) is 4.78. The maximum Gasteiger partial charge on any atom is 0.338 e. The monoisotopic (exact) mass is 548 g/mol. The second-order valence-corrected chi connectivity index (χ2v) is 9.14. The lowest BCUT2D eigenvalue weighted by Crippen LogP contribution is -2.10. The highest BCUT2D eigenvalue weighted by Gasteiger charge is 2.28. The van der Waals surface area contributed by atoms with E-state index in [2.05, 4.69) is 15.3 Å². The van der Waals surface area contributed by atoms with Crippen molar-refractivity contribution in [2.75, 3.05) is 33.8 Å². The van der Waals surface area contributed by atoms with E-state index in [0.29, 0.717) is 51.7 Å². The number of nitrogens with zero attached hydrogens (tertiary/aromatic N) is 3. The van der Waals surface area contributed by atoms with Gasteiger partial charge in [-0.1, -0.05) is 6.07 Å². The zero-order chi connectivity index (χ0) is 29.0. The number of aromatic nitrogens is 3. The van der Waals surface area contributed by atoms with Crippen molar-refractivity contribution in [3.63, 3.8) is 0 Å². The minimum absolute atomic E-state index is 0.0845. The van der Waals surface area contributed by atoms with Gasteiger partial charge in [0.15, 0.2) is 0 Å². The fraction of sp³-hybridized carbons (Fsp3) is 0.310. The van der Waals surface area contributed by atoms with Crippen LogP contribution in [0.3, 0.4) is 0 Å². The van der Waals surface area contributed by atoms with Crippen LogP contribution in [0.2, 0.25) is 0 Å². The van der Waals surface area contributed by atoms with Gasteiger partial charge in [-0.05, 0) is 43.7 Å². The molecule has 11 heteroatoms. The van der Waals surface area contributed by atoms with Crippen LogP contribution in [-0.2, 0) is 22.6 Å². The number of esters is 2. The van der Waals surface area contributed by atoms with Crippen LogP contribution in [0.4, 0.5) is 5.82 Å². The molecule has 0 radical (unpaired) electrons. The molecule has 2 aromatic heterocycles. The number of benzene rings is 2. The lowest BCUT2D eigenvalue weighted by Gasteiger charge is -2.15. The largest absolute Gasteiger partial charge is 0.497 e. The Kier molecular flexibility index (Phi) is 8.54. The third-order valence-corrected chi connectivity index (χ3v) is 6.61. The molecule has 4 aromatic rings. The number of hydrogen-bond acceptors (Lipinski definition) is 10. The Morgan fingerprint density at radius 2 is 1.73 bits per heavy atom. The molecular weight excluding hydrogens is 516 g/mol. The zero-order valence-corrected chi connectivity index (χ0v) is 23.3. The summed E-state index contributed by atoms with van der Waals surface area (Å²) in [5, 5.41) is 14.6. The lowest BCUT2D eigenvalue weighted by atomic mass is 9.95. The summed E-state index contributed by atoms with van der Waals surface area (Å²) >= 11 is 0. The Morgan fingerprint density at radius 1 is 0.975 bits per heavy atom. The van der Waals surface area contributed by atoms with E-state index in [4.69, 9.17) is 18.9 Å². The van der Waals surface area contributed by atoms with Gasteiger partial charge in [-0.15, -0.1) is 0 Å². The normalized spacial score (nSPS) is 11.0. The molecule has 0 amide bonds. The van der Waals surface area contributed by atoms with Gasteiger partial charge < -0.3 is 33.9 Å². The number of carbonyl (C=O) groups excluding carboxylic acids is 2. The number of aliphatic hydroxyl groups is 1. The molecule has 0 aliphatic carbocycles. The van der Waals surface area contributed by atoms with E-state index in [9.17, 15) is 14.7 Å². The Morgan fingerprint density at radius 3 is 2.35 bits per heavy atom. The van der Waals surface area contributed by atoms with Crippen LogP contribution in [0.5, 0.6) is 11.5 Å². The smallest absolute Gasteiger partial charge is 0.338 e. The second kappa shape index (κ2) is 12.0. The maximum absolute atomic E-state index is 13.0. The third kappa shape index (κ3) is 5.15.